The molecule has 0 aromatic rings. The lowest BCUT2D eigenvalue weighted by Crippen LogP contribution is -2.25. The molecule has 0 aliphatic heterocycles. The lowest BCUT2D eigenvalue weighted by atomic mass is 10.0. The fourth-order valence-corrected chi connectivity index (χ4v) is 2.10. The van der Waals surface area contributed by atoms with E-state index >= 15 is 0 Å². The van der Waals surface area contributed by atoms with Gasteiger partial charge in [-0.25, -0.2) is 4.79 Å². The highest BCUT2D eigenvalue weighted by atomic mass is 16.6. The van der Waals surface area contributed by atoms with Crippen LogP contribution in [0, 0.1) is 0 Å². The van der Waals surface area contributed by atoms with Crippen molar-refractivity contribution in [3.05, 3.63) is 11.6 Å². The molecule has 0 fully saturated rings. The average Bonchev–Trinajstić information content (AvgIpc) is 2.38. The van der Waals surface area contributed by atoms with Gasteiger partial charge in [-0.1, -0.05) is 6.08 Å². The van der Waals surface area contributed by atoms with Gasteiger partial charge in [-0.15, -0.1) is 0 Å². The predicted molar refractivity (Wildman–Crippen MR) is 73.8 cm³/mol. The number of carbonyl (C=O) groups is 1. The molecule has 4 nitrogen and oxygen atoms in total. The molecule has 2 unspecified atom stereocenters. The first-order valence-electron chi connectivity index (χ1n) is 6.95. The predicted octanol–water partition coefficient (Wildman–Crippen LogP) is 2.59. The third-order valence-electron chi connectivity index (χ3n) is 3.19. The standard InChI is InChI=1S/C15H26O4/c1-15(2,3)19-14(17)11-5-7-12(16)8-10-13(18-4)9-6-11/h5,12-13,16H,6-10H2,1-4H3. The molecule has 0 aromatic heterocycles. The largest absolute Gasteiger partial charge is 0.457 e. The molecular formula is C15H26O4. The number of methoxy groups -OCH3 is 1. The van der Waals surface area contributed by atoms with E-state index in [-0.39, 0.29) is 12.1 Å². The zero-order valence-corrected chi connectivity index (χ0v) is 12.4. The van der Waals surface area contributed by atoms with E-state index in [9.17, 15) is 9.90 Å². The normalized spacial score (nSPS) is 25.8. The molecule has 0 spiro atoms. The lowest BCUT2D eigenvalue weighted by molar-refractivity contribution is -0.150. The van der Waals surface area contributed by atoms with Crippen LogP contribution in [0.4, 0.5) is 0 Å². The average molecular weight is 270 g/mol. The van der Waals surface area contributed by atoms with E-state index in [0.29, 0.717) is 24.8 Å². The molecule has 1 N–H and O–H groups in total. The van der Waals surface area contributed by atoms with Crippen LogP contribution in [0.1, 0.15) is 52.9 Å². The van der Waals surface area contributed by atoms with Gasteiger partial charge in [-0.05, 0) is 52.9 Å². The summed E-state index contributed by atoms with van der Waals surface area (Å²) in [6.07, 6.45) is 4.96. The molecular weight excluding hydrogens is 244 g/mol. The molecule has 4 heteroatoms. The van der Waals surface area contributed by atoms with E-state index in [4.69, 9.17) is 9.47 Å². The molecule has 2 atom stereocenters. The number of carbonyl (C=O) groups excluding carboxylic acids is 1. The van der Waals surface area contributed by atoms with E-state index in [1.807, 2.05) is 26.8 Å². The zero-order valence-electron chi connectivity index (χ0n) is 12.4. The molecule has 1 rings (SSSR count). The Morgan fingerprint density at radius 3 is 2.58 bits per heavy atom. The Morgan fingerprint density at radius 2 is 2.00 bits per heavy atom. The van der Waals surface area contributed by atoms with E-state index < -0.39 is 11.7 Å². The van der Waals surface area contributed by atoms with Gasteiger partial charge in [0.25, 0.3) is 0 Å². The summed E-state index contributed by atoms with van der Waals surface area (Å²) in [5.74, 6) is -0.281. The maximum atomic E-state index is 12.1. The minimum Gasteiger partial charge on any atom is -0.457 e. The van der Waals surface area contributed by atoms with Gasteiger partial charge in [0.1, 0.15) is 5.60 Å². The van der Waals surface area contributed by atoms with Crippen molar-refractivity contribution < 1.29 is 19.4 Å². The van der Waals surface area contributed by atoms with Gasteiger partial charge in [-0.3, -0.25) is 0 Å². The molecule has 0 radical (unpaired) electrons. The van der Waals surface area contributed by atoms with Gasteiger partial charge in [0.15, 0.2) is 0 Å². The number of aliphatic hydroxyl groups is 1. The van der Waals surface area contributed by atoms with E-state index in [1.54, 1.807) is 7.11 Å². The summed E-state index contributed by atoms with van der Waals surface area (Å²) in [5, 5.41) is 9.83. The number of hydrogen-bond acceptors (Lipinski definition) is 4. The first-order chi connectivity index (χ1) is 8.81. The second kappa shape index (κ2) is 7.06. The summed E-state index contributed by atoms with van der Waals surface area (Å²) in [5.41, 5.74) is 0.160. The van der Waals surface area contributed by atoms with Gasteiger partial charge < -0.3 is 14.6 Å². The third-order valence-corrected chi connectivity index (χ3v) is 3.19. The van der Waals surface area contributed by atoms with Crippen molar-refractivity contribution in [1.82, 2.24) is 0 Å². The van der Waals surface area contributed by atoms with Crippen LogP contribution in [-0.2, 0) is 14.3 Å². The Hall–Kier alpha value is -0.870. The summed E-state index contributed by atoms with van der Waals surface area (Å²) < 4.78 is 10.8. The highest BCUT2D eigenvalue weighted by Crippen LogP contribution is 2.22. The molecule has 0 saturated heterocycles. The first kappa shape index (κ1) is 16.2. The van der Waals surface area contributed by atoms with Gasteiger partial charge >= 0.3 is 5.97 Å². The number of rotatable bonds is 2. The third kappa shape index (κ3) is 6.21. The van der Waals surface area contributed by atoms with Gasteiger partial charge in [0.05, 0.1) is 12.2 Å². The second-order valence-corrected chi connectivity index (χ2v) is 6.09. The number of hydrogen-bond donors (Lipinski definition) is 1. The maximum Gasteiger partial charge on any atom is 0.334 e. The van der Waals surface area contributed by atoms with E-state index in [2.05, 4.69) is 0 Å². The number of aliphatic hydroxyl groups excluding tert-OH is 1. The Labute approximate surface area is 115 Å². The van der Waals surface area contributed by atoms with Crippen molar-refractivity contribution in [2.75, 3.05) is 7.11 Å². The first-order valence-corrected chi connectivity index (χ1v) is 6.95. The molecule has 19 heavy (non-hydrogen) atoms. The highest BCUT2D eigenvalue weighted by Gasteiger charge is 2.22. The summed E-state index contributed by atoms with van der Waals surface area (Å²) in [6.45, 7) is 5.56. The summed E-state index contributed by atoms with van der Waals surface area (Å²) >= 11 is 0. The van der Waals surface area contributed by atoms with Crippen LogP contribution in [0.25, 0.3) is 0 Å². The monoisotopic (exact) mass is 270 g/mol. The molecule has 110 valence electrons. The van der Waals surface area contributed by atoms with Crippen LogP contribution in [0.2, 0.25) is 0 Å². The van der Waals surface area contributed by atoms with Crippen molar-refractivity contribution >= 4 is 5.97 Å². The van der Waals surface area contributed by atoms with Gasteiger partial charge in [0, 0.05) is 12.7 Å². The van der Waals surface area contributed by atoms with Crippen LogP contribution >= 0.6 is 0 Å². The Bertz CT molecular complexity index is 328. The minimum atomic E-state index is -0.490. The van der Waals surface area contributed by atoms with Crippen LogP contribution in [0.3, 0.4) is 0 Å². The van der Waals surface area contributed by atoms with Crippen LogP contribution in [0.5, 0.6) is 0 Å². The van der Waals surface area contributed by atoms with Crippen LogP contribution in [-0.4, -0.2) is 36.0 Å². The van der Waals surface area contributed by atoms with Crippen molar-refractivity contribution in [1.29, 1.82) is 0 Å². The van der Waals surface area contributed by atoms with Crippen molar-refractivity contribution in [2.45, 2.75) is 70.7 Å². The fourth-order valence-electron chi connectivity index (χ4n) is 2.10. The SMILES string of the molecule is COC1CCC(C(=O)OC(C)(C)C)=CCC(O)CC1. The Balaban J connectivity index is 2.73. The summed E-state index contributed by atoms with van der Waals surface area (Å²) in [7, 11) is 1.67. The number of esters is 1. The van der Waals surface area contributed by atoms with Crippen LogP contribution in [0.15, 0.2) is 11.6 Å². The summed E-state index contributed by atoms with van der Waals surface area (Å²) in [6, 6.07) is 0. The lowest BCUT2D eigenvalue weighted by Gasteiger charge is -2.21. The maximum absolute atomic E-state index is 12.1. The second-order valence-electron chi connectivity index (χ2n) is 6.09. The van der Waals surface area contributed by atoms with Crippen molar-refractivity contribution in [3.8, 4) is 0 Å². The smallest absolute Gasteiger partial charge is 0.334 e. The highest BCUT2D eigenvalue weighted by molar-refractivity contribution is 5.88. The van der Waals surface area contributed by atoms with Crippen molar-refractivity contribution in [2.24, 2.45) is 0 Å². The quantitative estimate of drug-likeness (QED) is 0.784. The molecule has 0 bridgehead atoms. The number of ether oxygens (including phenoxy) is 2. The molecule has 0 amide bonds. The Kier molecular flexibility index (Phi) is 6.01. The van der Waals surface area contributed by atoms with Crippen LogP contribution < -0.4 is 0 Å². The fraction of sp³-hybridized carbons (Fsp3) is 0.800. The molecule has 1 aliphatic carbocycles. The zero-order chi connectivity index (χ0) is 14.5. The van der Waals surface area contributed by atoms with Gasteiger partial charge in [-0.2, -0.15) is 0 Å². The topological polar surface area (TPSA) is 55.8 Å². The van der Waals surface area contributed by atoms with Crippen molar-refractivity contribution in [3.63, 3.8) is 0 Å². The Morgan fingerprint density at radius 1 is 1.32 bits per heavy atom. The summed E-state index contributed by atoms with van der Waals surface area (Å²) in [4.78, 5) is 12.1. The van der Waals surface area contributed by atoms with Gasteiger partial charge in [0.2, 0.25) is 0 Å². The molecule has 0 saturated carbocycles. The molecule has 1 aliphatic rings. The molecule has 0 aromatic carbocycles. The molecule has 0 heterocycles. The minimum absolute atomic E-state index is 0.0959. The van der Waals surface area contributed by atoms with E-state index in [0.717, 1.165) is 12.8 Å². The van der Waals surface area contributed by atoms with E-state index in [1.165, 1.54) is 0 Å².